The Bertz CT molecular complexity index is 1020. The van der Waals surface area contributed by atoms with Gasteiger partial charge >= 0.3 is 0 Å². The van der Waals surface area contributed by atoms with Gasteiger partial charge in [0.15, 0.2) is 11.6 Å². The number of nitrogens with zero attached hydrogens (tertiary/aromatic N) is 2. The molecule has 0 unspecified atom stereocenters. The molecule has 0 atom stereocenters. The Morgan fingerprint density at radius 1 is 0.852 bits per heavy atom. The number of nitrogen functional groups attached to an aromatic ring is 1. The number of para-hydroxylation sites is 2. The number of aromatic hydroxyl groups is 1. The third kappa shape index (κ3) is 5.35. The molecule has 0 fully saturated rings. The molecule has 27 heavy (non-hydrogen) atoms. The maximum Gasteiger partial charge on any atom is 0.174 e. The molecule has 0 saturated heterocycles. The van der Waals surface area contributed by atoms with Crippen molar-refractivity contribution in [1.29, 1.82) is 0 Å². The minimum atomic E-state index is 0.211. The molecule has 4 N–H and O–H groups in total. The smallest absolute Gasteiger partial charge is 0.174 e. The largest absolute Gasteiger partial charge is 0.508 e. The lowest BCUT2D eigenvalue weighted by Crippen LogP contribution is -2.02. The fourth-order valence-electron chi connectivity index (χ4n) is 2.23. The van der Waals surface area contributed by atoms with Crippen molar-refractivity contribution in [2.24, 2.45) is 0 Å². The van der Waals surface area contributed by atoms with Crippen LogP contribution in [0, 0.1) is 0 Å². The van der Waals surface area contributed by atoms with Crippen LogP contribution in [-0.4, -0.2) is 15.1 Å². The molecule has 4 aromatic rings. The maximum absolute atomic E-state index is 9.24. The van der Waals surface area contributed by atoms with E-state index >= 15 is 0 Å². The number of thiol groups is 1. The predicted octanol–water partition coefficient (Wildman–Crippen LogP) is 5.40. The normalized spacial score (nSPS) is 10.1. The highest BCUT2D eigenvalue weighted by Gasteiger charge is 2.05. The van der Waals surface area contributed by atoms with Crippen LogP contribution < -0.4 is 11.1 Å². The van der Waals surface area contributed by atoms with Crippen LogP contribution >= 0.6 is 28.6 Å². The number of fused-ring (bicyclic) bond motifs is 1. The molecule has 0 spiro atoms. The first-order valence-corrected chi connectivity index (χ1v) is 9.28. The van der Waals surface area contributed by atoms with E-state index in [2.05, 4.69) is 43.8 Å². The summed E-state index contributed by atoms with van der Waals surface area (Å²) in [7, 11) is 0. The van der Waals surface area contributed by atoms with Crippen LogP contribution in [0.15, 0.2) is 82.2 Å². The number of hydrogen-bond donors (Lipinski definition) is 4. The average Bonchev–Trinajstić information content (AvgIpc) is 2.67. The molecule has 0 aliphatic heterocycles. The van der Waals surface area contributed by atoms with E-state index in [1.165, 1.54) is 0 Å². The van der Waals surface area contributed by atoms with Gasteiger partial charge in [-0.15, -0.1) is 12.6 Å². The van der Waals surface area contributed by atoms with Gasteiger partial charge in [0.25, 0.3) is 0 Å². The number of nitrogens with one attached hydrogen (secondary N) is 1. The SMILES string of the molecule is Nc1nc2ccccc2nc1Nc1ccc(O)cc1.Sc1ccc(Br)cc1. The minimum Gasteiger partial charge on any atom is -0.508 e. The molecule has 136 valence electrons. The van der Waals surface area contributed by atoms with Gasteiger partial charge in [0.2, 0.25) is 0 Å². The first-order valence-electron chi connectivity index (χ1n) is 8.04. The molecule has 0 aliphatic carbocycles. The first-order chi connectivity index (χ1) is 13.0. The summed E-state index contributed by atoms with van der Waals surface area (Å²) in [6.07, 6.45) is 0. The lowest BCUT2D eigenvalue weighted by molar-refractivity contribution is 0.475. The Labute approximate surface area is 170 Å². The van der Waals surface area contributed by atoms with Crippen LogP contribution in [0.5, 0.6) is 5.75 Å². The summed E-state index contributed by atoms with van der Waals surface area (Å²) in [6, 6.07) is 22.0. The van der Waals surface area contributed by atoms with E-state index in [4.69, 9.17) is 5.73 Å². The quantitative estimate of drug-likeness (QED) is 0.247. The van der Waals surface area contributed by atoms with Gasteiger partial charge in [-0.1, -0.05) is 28.1 Å². The fourth-order valence-corrected chi connectivity index (χ4v) is 2.64. The number of rotatable bonds is 2. The van der Waals surface area contributed by atoms with Crippen molar-refractivity contribution in [2.45, 2.75) is 4.90 Å². The number of phenols is 1. The second kappa shape index (κ2) is 8.75. The summed E-state index contributed by atoms with van der Waals surface area (Å²) in [5.74, 6) is 1.05. The van der Waals surface area contributed by atoms with Crippen molar-refractivity contribution in [3.63, 3.8) is 0 Å². The Hall–Kier alpha value is -2.77. The van der Waals surface area contributed by atoms with Crippen molar-refractivity contribution in [3.05, 3.63) is 77.3 Å². The molecule has 0 bridgehead atoms. The van der Waals surface area contributed by atoms with E-state index in [0.29, 0.717) is 11.6 Å². The summed E-state index contributed by atoms with van der Waals surface area (Å²) in [5.41, 5.74) is 8.20. The molecule has 4 rings (SSSR count). The van der Waals surface area contributed by atoms with E-state index in [1.54, 1.807) is 24.3 Å². The topological polar surface area (TPSA) is 84.1 Å². The second-order valence-corrected chi connectivity index (χ2v) is 7.03. The summed E-state index contributed by atoms with van der Waals surface area (Å²) in [6.45, 7) is 0. The van der Waals surface area contributed by atoms with Crippen LogP contribution in [0.2, 0.25) is 0 Å². The van der Waals surface area contributed by atoms with Crippen LogP contribution in [0.3, 0.4) is 0 Å². The van der Waals surface area contributed by atoms with Gasteiger partial charge in [-0.05, 0) is 60.7 Å². The highest BCUT2D eigenvalue weighted by atomic mass is 79.9. The van der Waals surface area contributed by atoms with Gasteiger partial charge in [0, 0.05) is 15.1 Å². The minimum absolute atomic E-state index is 0.211. The van der Waals surface area contributed by atoms with E-state index in [-0.39, 0.29) is 5.75 Å². The standard InChI is InChI=1S/C14H12N4O.C6H5BrS/c15-13-14(16-9-5-7-10(19)8-6-9)18-12-4-2-1-3-11(12)17-13;7-5-1-3-6(8)4-2-5/h1-8,19H,(H2,15,17)(H,16,18);1-4,8H. The third-order valence-corrected chi connectivity index (χ3v) is 4.38. The van der Waals surface area contributed by atoms with Crippen molar-refractivity contribution >= 4 is 56.9 Å². The number of aromatic nitrogens is 2. The number of hydrogen-bond acceptors (Lipinski definition) is 6. The molecular formula is C20H17BrN4OS. The lowest BCUT2D eigenvalue weighted by atomic mass is 10.3. The summed E-state index contributed by atoms with van der Waals surface area (Å²) in [4.78, 5) is 9.72. The zero-order valence-corrected chi connectivity index (χ0v) is 16.7. The number of nitrogens with two attached hydrogens (primary N) is 1. The van der Waals surface area contributed by atoms with Gasteiger partial charge in [-0.25, -0.2) is 9.97 Å². The monoisotopic (exact) mass is 440 g/mol. The molecular weight excluding hydrogens is 424 g/mol. The lowest BCUT2D eigenvalue weighted by Gasteiger charge is -2.09. The predicted molar refractivity (Wildman–Crippen MR) is 117 cm³/mol. The van der Waals surface area contributed by atoms with Crippen LogP contribution in [0.25, 0.3) is 11.0 Å². The van der Waals surface area contributed by atoms with Gasteiger partial charge in [-0.3, -0.25) is 0 Å². The molecule has 3 aromatic carbocycles. The van der Waals surface area contributed by atoms with Crippen LogP contribution in [0.1, 0.15) is 0 Å². The first kappa shape index (κ1) is 19.0. The van der Waals surface area contributed by atoms with E-state index < -0.39 is 0 Å². The fraction of sp³-hybridized carbons (Fsp3) is 0. The Morgan fingerprint density at radius 3 is 2.04 bits per heavy atom. The number of phenolic OH excluding ortho intramolecular Hbond substituents is 1. The van der Waals surface area contributed by atoms with Gasteiger partial charge < -0.3 is 16.2 Å². The Morgan fingerprint density at radius 2 is 1.44 bits per heavy atom. The average molecular weight is 441 g/mol. The molecule has 1 aromatic heterocycles. The second-order valence-electron chi connectivity index (χ2n) is 5.59. The third-order valence-electron chi connectivity index (χ3n) is 3.55. The van der Waals surface area contributed by atoms with Crippen LogP contribution in [-0.2, 0) is 0 Å². The zero-order chi connectivity index (χ0) is 19.2. The molecule has 0 aliphatic rings. The van der Waals surface area contributed by atoms with Gasteiger partial charge in [0.05, 0.1) is 11.0 Å². The molecule has 7 heteroatoms. The summed E-state index contributed by atoms with van der Waals surface area (Å²) < 4.78 is 1.09. The summed E-state index contributed by atoms with van der Waals surface area (Å²) in [5, 5.41) is 12.3. The van der Waals surface area contributed by atoms with Crippen molar-refractivity contribution in [2.75, 3.05) is 11.1 Å². The maximum atomic E-state index is 9.24. The van der Waals surface area contributed by atoms with Gasteiger partial charge in [0.1, 0.15) is 5.75 Å². The van der Waals surface area contributed by atoms with E-state index in [1.807, 2.05) is 48.5 Å². The number of anilines is 3. The Balaban J connectivity index is 0.000000221. The molecule has 0 radical (unpaired) electrons. The van der Waals surface area contributed by atoms with E-state index in [0.717, 1.165) is 26.1 Å². The molecule has 1 heterocycles. The van der Waals surface area contributed by atoms with E-state index in [9.17, 15) is 5.11 Å². The highest BCUT2D eigenvalue weighted by Crippen LogP contribution is 2.23. The van der Waals surface area contributed by atoms with Crippen molar-refractivity contribution in [1.82, 2.24) is 9.97 Å². The van der Waals surface area contributed by atoms with Gasteiger partial charge in [-0.2, -0.15) is 0 Å². The number of benzene rings is 3. The van der Waals surface area contributed by atoms with Crippen LogP contribution in [0.4, 0.5) is 17.3 Å². The Kier molecular flexibility index (Phi) is 6.16. The highest BCUT2D eigenvalue weighted by molar-refractivity contribution is 9.10. The van der Waals surface area contributed by atoms with Crippen molar-refractivity contribution < 1.29 is 5.11 Å². The summed E-state index contributed by atoms with van der Waals surface area (Å²) >= 11 is 7.42. The molecule has 0 saturated carbocycles. The van der Waals surface area contributed by atoms with Crippen molar-refractivity contribution in [3.8, 4) is 5.75 Å². The molecule has 5 nitrogen and oxygen atoms in total. The zero-order valence-electron chi connectivity index (χ0n) is 14.2. The molecule has 0 amide bonds. The number of halogens is 1.